The topological polar surface area (TPSA) is 58.2 Å². The second-order valence-corrected chi connectivity index (χ2v) is 4.78. The highest BCUT2D eigenvalue weighted by Gasteiger charge is 2.14. The fourth-order valence-corrected chi connectivity index (χ4v) is 2.19. The SMILES string of the molecule is O=C(NC1=CC(=O)SC1)Nc1cccc(Cl)c1. The lowest BCUT2D eigenvalue weighted by Gasteiger charge is -2.07. The molecule has 17 heavy (non-hydrogen) atoms. The van der Waals surface area contributed by atoms with Gasteiger partial charge in [0.05, 0.1) is 0 Å². The maximum absolute atomic E-state index is 11.6. The number of hydrogen-bond acceptors (Lipinski definition) is 3. The van der Waals surface area contributed by atoms with Crippen molar-refractivity contribution in [1.82, 2.24) is 5.32 Å². The van der Waals surface area contributed by atoms with Gasteiger partial charge in [-0.1, -0.05) is 29.4 Å². The lowest BCUT2D eigenvalue weighted by Crippen LogP contribution is -2.28. The first kappa shape index (κ1) is 12.0. The lowest BCUT2D eigenvalue weighted by molar-refractivity contribution is -0.106. The zero-order chi connectivity index (χ0) is 12.3. The highest BCUT2D eigenvalue weighted by Crippen LogP contribution is 2.17. The molecule has 1 heterocycles. The molecule has 2 N–H and O–H groups in total. The van der Waals surface area contributed by atoms with E-state index in [2.05, 4.69) is 10.6 Å². The highest BCUT2D eigenvalue weighted by atomic mass is 35.5. The summed E-state index contributed by atoms with van der Waals surface area (Å²) in [5.74, 6) is 0.502. The summed E-state index contributed by atoms with van der Waals surface area (Å²) in [6.07, 6.45) is 1.42. The van der Waals surface area contributed by atoms with E-state index in [0.29, 0.717) is 22.2 Å². The second kappa shape index (κ2) is 5.25. The Bertz CT molecular complexity index is 502. The molecule has 0 spiro atoms. The van der Waals surface area contributed by atoms with Crippen LogP contribution in [0.1, 0.15) is 0 Å². The monoisotopic (exact) mass is 268 g/mol. The molecule has 1 aromatic rings. The van der Waals surface area contributed by atoms with Crippen molar-refractivity contribution in [2.75, 3.05) is 11.1 Å². The van der Waals surface area contributed by atoms with Gasteiger partial charge < -0.3 is 10.6 Å². The van der Waals surface area contributed by atoms with Crippen molar-refractivity contribution in [2.24, 2.45) is 0 Å². The van der Waals surface area contributed by atoms with Gasteiger partial charge in [0.1, 0.15) is 0 Å². The molecule has 0 atom stereocenters. The Morgan fingerprint density at radius 3 is 2.82 bits per heavy atom. The van der Waals surface area contributed by atoms with Gasteiger partial charge in [0.15, 0.2) is 0 Å². The largest absolute Gasteiger partial charge is 0.323 e. The summed E-state index contributed by atoms with van der Waals surface area (Å²) in [5, 5.41) is 5.74. The molecule has 0 saturated heterocycles. The van der Waals surface area contributed by atoms with E-state index < -0.39 is 0 Å². The van der Waals surface area contributed by atoms with Gasteiger partial charge in [-0.05, 0) is 18.2 Å². The smallest absolute Gasteiger partial charge is 0.310 e. The minimum absolute atomic E-state index is 0.0388. The molecule has 6 heteroatoms. The number of halogens is 1. The third kappa shape index (κ3) is 3.51. The molecule has 1 aromatic carbocycles. The maximum atomic E-state index is 11.6. The van der Waals surface area contributed by atoms with Gasteiger partial charge in [0.2, 0.25) is 5.12 Å². The molecule has 4 nitrogen and oxygen atoms in total. The Kier molecular flexibility index (Phi) is 3.71. The van der Waals surface area contributed by atoms with Crippen molar-refractivity contribution >= 4 is 40.2 Å². The summed E-state index contributed by atoms with van der Waals surface area (Å²) in [7, 11) is 0. The summed E-state index contributed by atoms with van der Waals surface area (Å²) in [5.41, 5.74) is 1.21. The molecule has 0 bridgehead atoms. The first-order valence-corrected chi connectivity index (χ1v) is 6.21. The fourth-order valence-electron chi connectivity index (χ4n) is 1.32. The van der Waals surface area contributed by atoms with Gasteiger partial charge in [0, 0.05) is 28.2 Å². The number of rotatable bonds is 2. The molecule has 2 rings (SSSR count). The minimum atomic E-state index is -0.381. The van der Waals surface area contributed by atoms with E-state index >= 15 is 0 Å². The molecular weight excluding hydrogens is 260 g/mol. The van der Waals surface area contributed by atoms with Crippen LogP contribution in [0.5, 0.6) is 0 Å². The third-order valence-corrected chi connectivity index (χ3v) is 3.11. The average molecular weight is 269 g/mol. The van der Waals surface area contributed by atoms with Crippen LogP contribution in [0.25, 0.3) is 0 Å². The Morgan fingerprint density at radius 1 is 1.35 bits per heavy atom. The van der Waals surface area contributed by atoms with Gasteiger partial charge >= 0.3 is 6.03 Å². The van der Waals surface area contributed by atoms with Crippen LogP contribution in [-0.4, -0.2) is 16.9 Å². The quantitative estimate of drug-likeness (QED) is 0.867. The van der Waals surface area contributed by atoms with Crippen molar-refractivity contribution < 1.29 is 9.59 Å². The molecule has 0 saturated carbocycles. The van der Waals surface area contributed by atoms with Crippen LogP contribution >= 0.6 is 23.4 Å². The first-order chi connectivity index (χ1) is 8.13. The van der Waals surface area contributed by atoms with Gasteiger partial charge in [-0.3, -0.25) is 4.79 Å². The highest BCUT2D eigenvalue weighted by molar-refractivity contribution is 8.14. The molecule has 88 valence electrons. The Morgan fingerprint density at radius 2 is 2.18 bits per heavy atom. The van der Waals surface area contributed by atoms with E-state index in [4.69, 9.17) is 11.6 Å². The molecule has 0 fully saturated rings. The molecular formula is C11H9ClN2O2S. The normalized spacial score (nSPS) is 14.4. The molecule has 0 aliphatic carbocycles. The third-order valence-electron chi connectivity index (χ3n) is 2.02. The molecule has 1 aliphatic rings. The van der Waals surface area contributed by atoms with Crippen LogP contribution in [0.3, 0.4) is 0 Å². The van der Waals surface area contributed by atoms with E-state index in [0.717, 1.165) is 11.8 Å². The number of thioether (sulfide) groups is 1. The molecule has 1 aliphatic heterocycles. The van der Waals surface area contributed by atoms with Crippen LogP contribution in [0.15, 0.2) is 36.0 Å². The van der Waals surface area contributed by atoms with Gasteiger partial charge in [-0.25, -0.2) is 4.79 Å². The number of anilines is 1. The van der Waals surface area contributed by atoms with Crippen LogP contribution in [0.4, 0.5) is 10.5 Å². The molecule has 0 radical (unpaired) electrons. The van der Waals surface area contributed by atoms with Crippen molar-refractivity contribution in [3.8, 4) is 0 Å². The number of nitrogens with one attached hydrogen (secondary N) is 2. The van der Waals surface area contributed by atoms with Gasteiger partial charge in [-0.2, -0.15) is 0 Å². The van der Waals surface area contributed by atoms with Crippen LogP contribution in [0.2, 0.25) is 5.02 Å². The van der Waals surface area contributed by atoms with E-state index in [-0.39, 0.29) is 11.1 Å². The number of carbonyl (C=O) groups is 2. The number of benzene rings is 1. The summed E-state index contributed by atoms with van der Waals surface area (Å²) in [6.45, 7) is 0. The number of carbonyl (C=O) groups excluding carboxylic acids is 2. The standard InChI is InChI=1S/C11H9ClN2O2S/c12-7-2-1-3-8(4-7)13-11(16)14-9-5-10(15)17-6-9/h1-5H,6H2,(H2,13,14,16). The fraction of sp³-hybridized carbons (Fsp3) is 0.0909. The van der Waals surface area contributed by atoms with Crippen molar-refractivity contribution in [3.63, 3.8) is 0 Å². The summed E-state index contributed by atoms with van der Waals surface area (Å²) in [4.78, 5) is 22.5. The van der Waals surface area contributed by atoms with E-state index in [9.17, 15) is 9.59 Å². The van der Waals surface area contributed by atoms with Crippen molar-refractivity contribution in [2.45, 2.75) is 0 Å². The number of amides is 2. The lowest BCUT2D eigenvalue weighted by atomic mass is 10.3. The second-order valence-electron chi connectivity index (χ2n) is 3.37. The number of hydrogen-bond donors (Lipinski definition) is 2. The summed E-state index contributed by atoms with van der Waals surface area (Å²) in [6, 6.07) is 6.46. The van der Waals surface area contributed by atoms with Gasteiger partial charge in [0.25, 0.3) is 0 Å². The summed E-state index contributed by atoms with van der Waals surface area (Å²) >= 11 is 6.95. The zero-order valence-corrected chi connectivity index (χ0v) is 10.3. The van der Waals surface area contributed by atoms with Crippen LogP contribution in [-0.2, 0) is 4.79 Å². The molecule has 0 aromatic heterocycles. The first-order valence-electron chi connectivity index (χ1n) is 4.84. The molecule has 0 unspecified atom stereocenters. The predicted molar refractivity (Wildman–Crippen MR) is 69.2 cm³/mol. The van der Waals surface area contributed by atoms with Crippen LogP contribution < -0.4 is 10.6 Å². The summed E-state index contributed by atoms with van der Waals surface area (Å²) < 4.78 is 0. The van der Waals surface area contributed by atoms with Crippen LogP contribution in [0, 0.1) is 0 Å². The van der Waals surface area contributed by atoms with Gasteiger partial charge in [-0.15, -0.1) is 0 Å². The maximum Gasteiger partial charge on any atom is 0.323 e. The minimum Gasteiger partial charge on any atom is -0.310 e. The Hall–Kier alpha value is -1.46. The Labute approximate surface area is 107 Å². The Balaban J connectivity index is 1.94. The van der Waals surface area contributed by atoms with E-state index in [1.165, 1.54) is 6.08 Å². The zero-order valence-electron chi connectivity index (χ0n) is 8.70. The molecule has 2 amide bonds. The van der Waals surface area contributed by atoms with Crippen molar-refractivity contribution in [1.29, 1.82) is 0 Å². The van der Waals surface area contributed by atoms with Crippen molar-refractivity contribution in [3.05, 3.63) is 41.1 Å². The average Bonchev–Trinajstić information content (AvgIpc) is 2.63. The predicted octanol–water partition coefficient (Wildman–Crippen LogP) is 2.62. The van der Waals surface area contributed by atoms with E-state index in [1.54, 1.807) is 24.3 Å². The van der Waals surface area contributed by atoms with E-state index in [1.807, 2.05) is 0 Å². The number of urea groups is 1.